The Labute approximate surface area is 127 Å². The summed E-state index contributed by atoms with van der Waals surface area (Å²) in [4.78, 5) is 23.8. The monoisotopic (exact) mass is 303 g/mol. The van der Waals surface area contributed by atoms with Gasteiger partial charge in [0, 0.05) is 10.7 Å². The molecule has 21 heavy (non-hydrogen) atoms. The average molecular weight is 304 g/mol. The summed E-state index contributed by atoms with van der Waals surface area (Å²) in [5.41, 5.74) is 0.996. The van der Waals surface area contributed by atoms with Crippen LogP contribution in [0, 0.1) is 0 Å². The zero-order chi connectivity index (χ0) is 15.2. The number of carbonyl (C=O) groups is 2. The van der Waals surface area contributed by atoms with E-state index in [0.717, 1.165) is 0 Å². The second kappa shape index (κ2) is 6.90. The summed E-state index contributed by atoms with van der Waals surface area (Å²) in [5, 5.41) is 3.20. The number of rotatable bonds is 4. The number of ether oxygens (including phenoxy) is 1. The van der Waals surface area contributed by atoms with Gasteiger partial charge in [-0.25, -0.2) is 4.79 Å². The van der Waals surface area contributed by atoms with Crippen LogP contribution in [0.3, 0.4) is 0 Å². The van der Waals surface area contributed by atoms with Gasteiger partial charge in [0.15, 0.2) is 6.10 Å². The highest BCUT2D eigenvalue weighted by Gasteiger charge is 2.18. The van der Waals surface area contributed by atoms with E-state index in [0.29, 0.717) is 16.3 Å². The summed E-state index contributed by atoms with van der Waals surface area (Å²) in [6.45, 7) is 1.52. The van der Waals surface area contributed by atoms with Crippen LogP contribution in [0.15, 0.2) is 54.6 Å². The van der Waals surface area contributed by atoms with Crippen molar-refractivity contribution in [1.29, 1.82) is 0 Å². The van der Waals surface area contributed by atoms with Crippen molar-refractivity contribution in [3.05, 3.63) is 65.2 Å². The molecule has 1 N–H and O–H groups in total. The van der Waals surface area contributed by atoms with Crippen molar-refractivity contribution < 1.29 is 14.3 Å². The van der Waals surface area contributed by atoms with E-state index in [1.165, 1.54) is 6.92 Å². The van der Waals surface area contributed by atoms with Crippen molar-refractivity contribution in [3.63, 3.8) is 0 Å². The SMILES string of the molecule is C[C@@H](OC(=O)c1ccc(Cl)cc1)C(=O)Nc1ccccc1. The number of halogens is 1. The molecular formula is C16H14ClNO3. The van der Waals surface area contributed by atoms with E-state index in [4.69, 9.17) is 16.3 Å². The van der Waals surface area contributed by atoms with Gasteiger partial charge >= 0.3 is 5.97 Å². The van der Waals surface area contributed by atoms with Crippen LogP contribution in [0.25, 0.3) is 0 Å². The number of hydrogen-bond acceptors (Lipinski definition) is 3. The van der Waals surface area contributed by atoms with E-state index in [1.54, 1.807) is 48.5 Å². The predicted molar refractivity (Wildman–Crippen MR) is 81.4 cm³/mol. The minimum absolute atomic E-state index is 0.346. The minimum Gasteiger partial charge on any atom is -0.449 e. The molecule has 0 aliphatic carbocycles. The van der Waals surface area contributed by atoms with Crippen molar-refractivity contribution >= 4 is 29.2 Å². The highest BCUT2D eigenvalue weighted by Crippen LogP contribution is 2.12. The number of hydrogen-bond donors (Lipinski definition) is 1. The highest BCUT2D eigenvalue weighted by atomic mass is 35.5. The van der Waals surface area contributed by atoms with E-state index in [-0.39, 0.29) is 5.91 Å². The summed E-state index contributed by atoms with van der Waals surface area (Å²) < 4.78 is 5.12. The third-order valence-electron chi connectivity index (χ3n) is 2.77. The number of carbonyl (C=O) groups excluding carboxylic acids is 2. The van der Waals surface area contributed by atoms with Crippen LogP contribution in [-0.4, -0.2) is 18.0 Å². The Morgan fingerprint density at radius 1 is 1.05 bits per heavy atom. The Kier molecular flexibility index (Phi) is 4.95. The highest BCUT2D eigenvalue weighted by molar-refractivity contribution is 6.30. The quantitative estimate of drug-likeness (QED) is 0.879. The molecule has 2 rings (SSSR count). The molecule has 0 aromatic heterocycles. The number of anilines is 1. The fourth-order valence-electron chi connectivity index (χ4n) is 1.63. The molecule has 0 aliphatic rings. The maximum Gasteiger partial charge on any atom is 0.338 e. The Morgan fingerprint density at radius 2 is 1.67 bits per heavy atom. The first-order valence-electron chi connectivity index (χ1n) is 6.39. The van der Waals surface area contributed by atoms with Gasteiger partial charge in [-0.3, -0.25) is 4.79 Å². The van der Waals surface area contributed by atoms with Crippen LogP contribution < -0.4 is 5.32 Å². The summed E-state index contributed by atoms with van der Waals surface area (Å²) in [6, 6.07) is 15.2. The van der Waals surface area contributed by atoms with Crippen LogP contribution in [0.4, 0.5) is 5.69 Å². The minimum atomic E-state index is -0.895. The molecular weight excluding hydrogens is 290 g/mol. The van der Waals surface area contributed by atoms with Gasteiger partial charge in [-0.15, -0.1) is 0 Å². The third-order valence-corrected chi connectivity index (χ3v) is 3.03. The molecule has 0 saturated carbocycles. The number of nitrogens with one attached hydrogen (secondary N) is 1. The Hall–Kier alpha value is -2.33. The molecule has 5 heteroatoms. The zero-order valence-corrected chi connectivity index (χ0v) is 12.1. The lowest BCUT2D eigenvalue weighted by Crippen LogP contribution is -2.29. The van der Waals surface area contributed by atoms with Gasteiger partial charge in [-0.2, -0.15) is 0 Å². The normalized spacial score (nSPS) is 11.5. The number of amides is 1. The first-order chi connectivity index (χ1) is 10.1. The first-order valence-corrected chi connectivity index (χ1v) is 6.76. The standard InChI is InChI=1S/C16H14ClNO3/c1-11(15(19)18-14-5-3-2-4-6-14)21-16(20)12-7-9-13(17)10-8-12/h2-11H,1H3,(H,18,19)/t11-/m1/s1. The van der Waals surface area contributed by atoms with Crippen LogP contribution in [-0.2, 0) is 9.53 Å². The van der Waals surface area contributed by atoms with Crippen LogP contribution in [0.1, 0.15) is 17.3 Å². The molecule has 1 atom stereocenters. The molecule has 1 amide bonds. The number of esters is 1. The molecule has 2 aromatic carbocycles. The van der Waals surface area contributed by atoms with Crippen LogP contribution >= 0.6 is 11.6 Å². The third kappa shape index (κ3) is 4.33. The van der Waals surface area contributed by atoms with Crippen LogP contribution in [0.2, 0.25) is 5.02 Å². The fraction of sp³-hybridized carbons (Fsp3) is 0.125. The molecule has 2 aromatic rings. The molecule has 0 saturated heterocycles. The van der Waals surface area contributed by atoms with Crippen molar-refractivity contribution in [2.45, 2.75) is 13.0 Å². The van der Waals surface area contributed by atoms with Crippen LogP contribution in [0.5, 0.6) is 0 Å². The van der Waals surface area contributed by atoms with Gasteiger partial charge in [-0.1, -0.05) is 29.8 Å². The zero-order valence-electron chi connectivity index (χ0n) is 11.4. The van der Waals surface area contributed by atoms with E-state index in [2.05, 4.69) is 5.32 Å². The fourth-order valence-corrected chi connectivity index (χ4v) is 1.76. The molecule has 0 radical (unpaired) electrons. The summed E-state index contributed by atoms with van der Waals surface area (Å²) in [7, 11) is 0. The van der Waals surface area contributed by atoms with Gasteiger partial charge in [-0.05, 0) is 43.3 Å². The number of benzene rings is 2. The molecule has 0 bridgehead atoms. The van der Waals surface area contributed by atoms with Gasteiger partial charge < -0.3 is 10.1 Å². The van der Waals surface area contributed by atoms with Gasteiger partial charge in [0.1, 0.15) is 0 Å². The molecule has 0 unspecified atom stereocenters. The van der Waals surface area contributed by atoms with Crippen molar-refractivity contribution in [3.8, 4) is 0 Å². The van der Waals surface area contributed by atoms with E-state index in [9.17, 15) is 9.59 Å². The Morgan fingerprint density at radius 3 is 2.29 bits per heavy atom. The van der Waals surface area contributed by atoms with Gasteiger partial charge in [0.2, 0.25) is 0 Å². The molecule has 0 heterocycles. The van der Waals surface area contributed by atoms with Gasteiger partial charge in [0.05, 0.1) is 5.56 Å². The smallest absolute Gasteiger partial charge is 0.338 e. The second-order valence-corrected chi connectivity index (χ2v) is 4.85. The Bertz CT molecular complexity index is 626. The van der Waals surface area contributed by atoms with Gasteiger partial charge in [0.25, 0.3) is 5.91 Å². The summed E-state index contributed by atoms with van der Waals surface area (Å²) in [6.07, 6.45) is -0.895. The molecule has 4 nitrogen and oxygen atoms in total. The topological polar surface area (TPSA) is 55.4 Å². The predicted octanol–water partition coefficient (Wildman–Crippen LogP) is 3.52. The van der Waals surface area contributed by atoms with Crippen molar-refractivity contribution in [2.75, 3.05) is 5.32 Å². The Balaban J connectivity index is 1.94. The largest absolute Gasteiger partial charge is 0.449 e. The van der Waals surface area contributed by atoms with Crippen molar-refractivity contribution in [1.82, 2.24) is 0 Å². The molecule has 0 fully saturated rings. The summed E-state index contributed by atoms with van der Waals surface area (Å²) >= 11 is 5.75. The maximum atomic E-state index is 11.9. The molecule has 0 aliphatic heterocycles. The second-order valence-electron chi connectivity index (χ2n) is 4.41. The van der Waals surface area contributed by atoms with Crippen molar-refractivity contribution in [2.24, 2.45) is 0 Å². The maximum absolute atomic E-state index is 11.9. The molecule has 0 spiro atoms. The van der Waals surface area contributed by atoms with E-state index in [1.807, 2.05) is 6.07 Å². The molecule has 108 valence electrons. The lowest BCUT2D eigenvalue weighted by molar-refractivity contribution is -0.123. The average Bonchev–Trinajstić information content (AvgIpc) is 2.48. The lowest BCUT2D eigenvalue weighted by atomic mass is 10.2. The number of para-hydroxylation sites is 1. The first kappa shape index (κ1) is 15.1. The lowest BCUT2D eigenvalue weighted by Gasteiger charge is -2.13. The van der Waals surface area contributed by atoms with E-state index >= 15 is 0 Å². The summed E-state index contributed by atoms with van der Waals surface area (Å²) in [5.74, 6) is -0.953. The van der Waals surface area contributed by atoms with E-state index < -0.39 is 12.1 Å².